The molecule has 102 valence electrons. The van der Waals surface area contributed by atoms with Crippen LogP contribution in [0.15, 0.2) is 18.2 Å². The van der Waals surface area contributed by atoms with E-state index in [4.69, 9.17) is 33.2 Å². The molecule has 0 aliphatic heterocycles. The SMILES string of the molecule is CCOC(=O)C(C)(CCC#N)c1cc(Cl)ccc1Cl. The molecule has 0 saturated carbocycles. The monoisotopic (exact) mass is 299 g/mol. The van der Waals surface area contributed by atoms with Crippen LogP contribution in [-0.2, 0) is 14.9 Å². The third-order valence-electron chi connectivity index (χ3n) is 2.99. The lowest BCUT2D eigenvalue weighted by atomic mass is 9.78. The molecule has 1 unspecified atom stereocenters. The van der Waals surface area contributed by atoms with Gasteiger partial charge in [-0.3, -0.25) is 4.79 Å². The van der Waals surface area contributed by atoms with Crippen molar-refractivity contribution in [2.75, 3.05) is 6.61 Å². The van der Waals surface area contributed by atoms with Gasteiger partial charge in [-0.15, -0.1) is 0 Å². The molecule has 0 fully saturated rings. The highest BCUT2D eigenvalue weighted by molar-refractivity contribution is 6.34. The van der Waals surface area contributed by atoms with Crippen molar-refractivity contribution < 1.29 is 9.53 Å². The molecular formula is C14H15Cl2NO2. The van der Waals surface area contributed by atoms with Gasteiger partial charge in [0.05, 0.1) is 18.1 Å². The molecule has 0 aliphatic carbocycles. The van der Waals surface area contributed by atoms with Crippen molar-refractivity contribution in [3.8, 4) is 6.07 Å². The fourth-order valence-electron chi connectivity index (χ4n) is 1.86. The molecule has 0 amide bonds. The average molecular weight is 300 g/mol. The lowest BCUT2D eigenvalue weighted by Gasteiger charge is -2.28. The average Bonchev–Trinajstić information content (AvgIpc) is 2.39. The van der Waals surface area contributed by atoms with Crippen LogP contribution < -0.4 is 0 Å². The van der Waals surface area contributed by atoms with Crippen LogP contribution in [0, 0.1) is 11.3 Å². The maximum Gasteiger partial charge on any atom is 0.316 e. The van der Waals surface area contributed by atoms with Crippen LogP contribution in [0.2, 0.25) is 10.0 Å². The third-order valence-corrected chi connectivity index (χ3v) is 3.55. The van der Waals surface area contributed by atoms with Gasteiger partial charge < -0.3 is 4.74 Å². The van der Waals surface area contributed by atoms with Crippen LogP contribution in [0.5, 0.6) is 0 Å². The summed E-state index contributed by atoms with van der Waals surface area (Å²) in [7, 11) is 0. The first kappa shape index (κ1) is 15.8. The van der Waals surface area contributed by atoms with E-state index in [1.807, 2.05) is 6.07 Å². The highest BCUT2D eigenvalue weighted by Gasteiger charge is 2.38. The second-order valence-electron chi connectivity index (χ2n) is 4.33. The van der Waals surface area contributed by atoms with Gasteiger partial charge in [0.2, 0.25) is 0 Å². The van der Waals surface area contributed by atoms with Crippen molar-refractivity contribution in [2.24, 2.45) is 0 Å². The number of carbonyl (C=O) groups excluding carboxylic acids is 1. The van der Waals surface area contributed by atoms with E-state index in [9.17, 15) is 4.79 Å². The Balaban J connectivity index is 3.26. The fraction of sp³-hybridized carbons (Fsp3) is 0.429. The Morgan fingerprint density at radius 1 is 1.47 bits per heavy atom. The first-order valence-corrected chi connectivity index (χ1v) is 6.71. The van der Waals surface area contributed by atoms with Gasteiger partial charge in [-0.2, -0.15) is 5.26 Å². The molecule has 0 heterocycles. The van der Waals surface area contributed by atoms with Crippen molar-refractivity contribution in [1.82, 2.24) is 0 Å². The standard InChI is InChI=1S/C14H15Cl2NO2/c1-3-19-13(18)14(2,7-4-8-17)11-9-10(15)5-6-12(11)16/h5-6,9H,3-4,7H2,1-2H3. The fourth-order valence-corrected chi connectivity index (χ4v) is 2.36. The zero-order valence-electron chi connectivity index (χ0n) is 10.9. The molecule has 1 rings (SSSR count). The van der Waals surface area contributed by atoms with Gasteiger partial charge in [0.25, 0.3) is 0 Å². The minimum absolute atomic E-state index is 0.234. The minimum Gasteiger partial charge on any atom is -0.465 e. The topological polar surface area (TPSA) is 50.1 Å². The number of hydrogen-bond acceptors (Lipinski definition) is 3. The number of nitriles is 1. The molecule has 0 radical (unpaired) electrons. The second-order valence-corrected chi connectivity index (χ2v) is 5.18. The number of esters is 1. The Labute approximate surface area is 123 Å². The largest absolute Gasteiger partial charge is 0.465 e. The summed E-state index contributed by atoms with van der Waals surface area (Å²) in [4.78, 5) is 12.2. The van der Waals surface area contributed by atoms with Gasteiger partial charge in [0.15, 0.2) is 0 Å². The molecule has 19 heavy (non-hydrogen) atoms. The molecule has 0 aliphatic rings. The number of nitrogens with zero attached hydrogens (tertiary/aromatic N) is 1. The number of hydrogen-bond donors (Lipinski definition) is 0. The Kier molecular flexibility index (Phi) is 5.65. The van der Waals surface area contributed by atoms with Crippen LogP contribution in [0.25, 0.3) is 0 Å². The molecule has 3 nitrogen and oxygen atoms in total. The van der Waals surface area contributed by atoms with E-state index in [1.165, 1.54) is 0 Å². The van der Waals surface area contributed by atoms with Crippen molar-refractivity contribution in [3.63, 3.8) is 0 Å². The van der Waals surface area contributed by atoms with Gasteiger partial charge in [-0.05, 0) is 44.0 Å². The van der Waals surface area contributed by atoms with Crippen LogP contribution in [0.4, 0.5) is 0 Å². The summed E-state index contributed by atoms with van der Waals surface area (Å²) in [6.45, 7) is 3.74. The molecule has 1 aromatic carbocycles. The highest BCUT2D eigenvalue weighted by Crippen LogP contribution is 2.36. The first-order chi connectivity index (χ1) is 8.95. The molecule has 0 N–H and O–H groups in total. The van der Waals surface area contributed by atoms with Gasteiger partial charge in [0, 0.05) is 16.5 Å². The molecule has 1 aromatic rings. The lowest BCUT2D eigenvalue weighted by Crippen LogP contribution is -2.34. The van der Waals surface area contributed by atoms with E-state index in [0.717, 1.165) is 0 Å². The third kappa shape index (κ3) is 3.62. The van der Waals surface area contributed by atoms with Crippen LogP contribution in [0.1, 0.15) is 32.3 Å². The van der Waals surface area contributed by atoms with Crippen molar-refractivity contribution in [2.45, 2.75) is 32.1 Å². The zero-order chi connectivity index (χ0) is 14.5. The van der Waals surface area contributed by atoms with Crippen molar-refractivity contribution in [1.29, 1.82) is 5.26 Å². The Morgan fingerprint density at radius 3 is 2.74 bits per heavy atom. The Hall–Kier alpha value is -1.24. The summed E-state index contributed by atoms with van der Waals surface area (Å²) in [5.74, 6) is -0.394. The van der Waals surface area contributed by atoms with Crippen molar-refractivity contribution in [3.05, 3.63) is 33.8 Å². The minimum atomic E-state index is -0.965. The summed E-state index contributed by atoms with van der Waals surface area (Å²) in [5.41, 5.74) is -0.372. The van der Waals surface area contributed by atoms with Gasteiger partial charge in [-0.25, -0.2) is 0 Å². The molecule has 0 saturated heterocycles. The van der Waals surface area contributed by atoms with E-state index in [2.05, 4.69) is 0 Å². The number of benzene rings is 1. The summed E-state index contributed by atoms with van der Waals surface area (Å²) < 4.78 is 5.10. The first-order valence-electron chi connectivity index (χ1n) is 5.95. The molecule has 0 spiro atoms. The summed E-state index contributed by atoms with van der Waals surface area (Å²) in [6, 6.07) is 6.99. The van der Waals surface area contributed by atoms with Crippen LogP contribution in [0.3, 0.4) is 0 Å². The Bertz CT molecular complexity index is 511. The molecule has 0 aromatic heterocycles. The molecule has 1 atom stereocenters. The maximum absolute atomic E-state index is 12.2. The van der Waals surface area contributed by atoms with E-state index in [0.29, 0.717) is 22.0 Å². The highest BCUT2D eigenvalue weighted by atomic mass is 35.5. The smallest absolute Gasteiger partial charge is 0.316 e. The van der Waals surface area contributed by atoms with E-state index >= 15 is 0 Å². The van der Waals surface area contributed by atoms with E-state index in [1.54, 1.807) is 32.0 Å². The Morgan fingerprint density at radius 2 is 2.16 bits per heavy atom. The lowest BCUT2D eigenvalue weighted by molar-refractivity contribution is -0.149. The van der Waals surface area contributed by atoms with E-state index in [-0.39, 0.29) is 13.0 Å². The summed E-state index contributed by atoms with van der Waals surface area (Å²) >= 11 is 12.1. The van der Waals surface area contributed by atoms with Gasteiger partial charge >= 0.3 is 5.97 Å². The predicted octanol–water partition coefficient (Wildman–Crippen LogP) is 4.12. The van der Waals surface area contributed by atoms with Gasteiger partial charge in [0.1, 0.15) is 0 Å². The number of halogens is 2. The van der Waals surface area contributed by atoms with E-state index < -0.39 is 11.4 Å². The van der Waals surface area contributed by atoms with Crippen LogP contribution in [-0.4, -0.2) is 12.6 Å². The molecule has 0 bridgehead atoms. The van der Waals surface area contributed by atoms with Crippen molar-refractivity contribution >= 4 is 29.2 Å². The molecular weight excluding hydrogens is 285 g/mol. The normalized spacial score (nSPS) is 13.4. The maximum atomic E-state index is 12.2. The zero-order valence-corrected chi connectivity index (χ0v) is 12.4. The number of ether oxygens (including phenoxy) is 1. The quantitative estimate of drug-likeness (QED) is 0.769. The number of rotatable bonds is 5. The summed E-state index contributed by atoms with van der Waals surface area (Å²) in [5, 5.41) is 9.69. The predicted molar refractivity (Wildman–Crippen MR) is 75.3 cm³/mol. The molecule has 5 heteroatoms. The summed E-state index contributed by atoms with van der Waals surface area (Å²) in [6.07, 6.45) is 0.570. The van der Waals surface area contributed by atoms with Crippen LogP contribution >= 0.6 is 23.2 Å². The second kappa shape index (κ2) is 6.79. The van der Waals surface area contributed by atoms with Gasteiger partial charge in [-0.1, -0.05) is 23.2 Å². The number of carbonyl (C=O) groups is 1.